The topological polar surface area (TPSA) is 109 Å². The fourth-order valence-corrected chi connectivity index (χ4v) is 5.34. The monoisotopic (exact) mass is 481 g/mol. The van der Waals surface area contributed by atoms with Crippen LogP contribution in [0.5, 0.6) is 0 Å². The molecule has 1 aromatic heterocycles. The Hall–Kier alpha value is -2.75. The molecule has 2 amide bonds. The van der Waals surface area contributed by atoms with Crippen molar-refractivity contribution in [3.05, 3.63) is 52.6 Å². The molecule has 35 heavy (non-hydrogen) atoms. The summed E-state index contributed by atoms with van der Waals surface area (Å²) in [5.41, 5.74) is 7.68. The zero-order valence-corrected chi connectivity index (χ0v) is 20.9. The van der Waals surface area contributed by atoms with Crippen LogP contribution in [-0.2, 0) is 6.42 Å². The van der Waals surface area contributed by atoms with Gasteiger partial charge in [0.15, 0.2) is 0 Å². The number of rotatable bonds is 7. The Bertz CT molecular complexity index is 1020. The van der Waals surface area contributed by atoms with E-state index in [9.17, 15) is 9.59 Å². The van der Waals surface area contributed by atoms with Crippen molar-refractivity contribution in [1.29, 1.82) is 0 Å². The highest BCUT2D eigenvalue weighted by Gasteiger charge is 2.26. The highest BCUT2D eigenvalue weighted by Crippen LogP contribution is 2.25. The van der Waals surface area contributed by atoms with Gasteiger partial charge in [-0.15, -0.1) is 0 Å². The highest BCUT2D eigenvalue weighted by molar-refractivity contribution is 5.88. The van der Waals surface area contributed by atoms with Crippen LogP contribution in [-0.4, -0.2) is 76.2 Å². The third kappa shape index (κ3) is 6.48. The molecule has 1 aliphatic heterocycles. The molecule has 1 atom stereocenters. The van der Waals surface area contributed by atoms with Gasteiger partial charge in [0.05, 0.1) is 5.69 Å². The van der Waals surface area contributed by atoms with Gasteiger partial charge in [0.1, 0.15) is 5.82 Å². The summed E-state index contributed by atoms with van der Waals surface area (Å²) in [5.74, 6) is 0.267. The van der Waals surface area contributed by atoms with Crippen LogP contribution in [0.25, 0.3) is 5.69 Å². The highest BCUT2D eigenvalue weighted by atomic mass is 16.2. The zero-order valence-electron chi connectivity index (χ0n) is 20.9. The van der Waals surface area contributed by atoms with Crippen molar-refractivity contribution in [3.63, 3.8) is 0 Å². The van der Waals surface area contributed by atoms with Gasteiger partial charge in [-0.05, 0) is 69.3 Å². The van der Waals surface area contributed by atoms with Crippen molar-refractivity contribution in [3.8, 4) is 5.69 Å². The molecule has 2 aromatic rings. The van der Waals surface area contributed by atoms with Crippen molar-refractivity contribution in [1.82, 2.24) is 24.7 Å². The number of likely N-dealkylation sites (N-methyl/N-ethyl adjacent to an activating group) is 1. The smallest absolute Gasteiger partial charge is 0.328 e. The molecule has 1 aliphatic carbocycles. The third-order valence-corrected chi connectivity index (χ3v) is 7.33. The number of hydrogen-bond donors (Lipinski definition) is 3. The van der Waals surface area contributed by atoms with Gasteiger partial charge in [0, 0.05) is 50.5 Å². The molecule has 2 heterocycles. The predicted molar refractivity (Wildman–Crippen MR) is 139 cm³/mol. The van der Waals surface area contributed by atoms with Gasteiger partial charge in [-0.2, -0.15) is 4.98 Å². The van der Waals surface area contributed by atoms with Gasteiger partial charge in [0.25, 0.3) is 0 Å². The lowest BCUT2D eigenvalue weighted by atomic mass is 9.89. The first-order valence-corrected chi connectivity index (χ1v) is 12.9. The summed E-state index contributed by atoms with van der Waals surface area (Å²) >= 11 is 0. The third-order valence-electron chi connectivity index (χ3n) is 7.33. The van der Waals surface area contributed by atoms with Crippen molar-refractivity contribution >= 4 is 11.8 Å². The van der Waals surface area contributed by atoms with Crippen molar-refractivity contribution in [2.75, 3.05) is 38.0 Å². The fourth-order valence-electron chi connectivity index (χ4n) is 5.34. The van der Waals surface area contributed by atoms with E-state index in [1.807, 2.05) is 12.1 Å². The van der Waals surface area contributed by atoms with Gasteiger partial charge in [-0.25, -0.2) is 9.59 Å². The van der Waals surface area contributed by atoms with E-state index in [4.69, 9.17) is 5.73 Å². The molecule has 1 saturated carbocycles. The summed E-state index contributed by atoms with van der Waals surface area (Å²) in [6, 6.07) is 10.9. The number of benzene rings is 1. The van der Waals surface area contributed by atoms with Crippen LogP contribution in [0.4, 0.5) is 10.6 Å². The summed E-state index contributed by atoms with van der Waals surface area (Å²) in [7, 11) is 0. The molecule has 1 aromatic carbocycles. The van der Waals surface area contributed by atoms with E-state index in [2.05, 4.69) is 46.5 Å². The Balaban J connectivity index is 1.37. The lowest BCUT2D eigenvalue weighted by Gasteiger charge is -2.39. The summed E-state index contributed by atoms with van der Waals surface area (Å²) in [4.78, 5) is 33.4. The maximum absolute atomic E-state index is 12.6. The lowest BCUT2D eigenvalue weighted by molar-refractivity contribution is 0.114. The van der Waals surface area contributed by atoms with Crippen LogP contribution in [0, 0.1) is 0 Å². The Morgan fingerprint density at radius 2 is 1.86 bits per heavy atom. The van der Waals surface area contributed by atoms with Crippen LogP contribution in [0.15, 0.2) is 41.3 Å². The Kier molecular flexibility index (Phi) is 8.54. The van der Waals surface area contributed by atoms with Gasteiger partial charge in [0.2, 0.25) is 0 Å². The van der Waals surface area contributed by atoms with E-state index in [-0.39, 0.29) is 11.8 Å². The van der Waals surface area contributed by atoms with Crippen LogP contribution in [0.1, 0.15) is 45.1 Å². The molecular weight excluding hydrogens is 442 g/mol. The molecule has 9 heteroatoms. The molecule has 2 aliphatic rings. The Morgan fingerprint density at radius 3 is 2.49 bits per heavy atom. The average Bonchev–Trinajstić information content (AvgIpc) is 2.87. The number of amides is 2. The molecule has 1 saturated heterocycles. The molecule has 9 nitrogen and oxygen atoms in total. The standard InChI is InChI=1S/C26H39N7O2/c1-3-32(22-10-6-21(27)7-11-22)19(2)18-20-4-8-23(9-5-20)33-15-12-24(30-26(33)35)29-25(34)31-16-13-28-14-17-31/h4-5,8-9,12,15,19,21-22,28H,3,6-7,10-11,13-14,16-18,27H2,1-2H3,(H,29,30,34,35)/t19?,21-,22-. The second kappa shape index (κ2) is 11.8. The maximum Gasteiger partial charge on any atom is 0.354 e. The molecule has 2 fully saturated rings. The van der Waals surface area contributed by atoms with Crippen molar-refractivity contribution in [2.24, 2.45) is 5.73 Å². The minimum atomic E-state index is -0.420. The predicted octanol–water partition coefficient (Wildman–Crippen LogP) is 2.19. The minimum Gasteiger partial charge on any atom is -0.328 e. The molecule has 1 unspecified atom stereocenters. The van der Waals surface area contributed by atoms with E-state index in [1.165, 1.54) is 23.0 Å². The number of nitrogens with one attached hydrogen (secondary N) is 2. The van der Waals surface area contributed by atoms with Crippen LogP contribution < -0.4 is 22.1 Å². The quantitative estimate of drug-likeness (QED) is 0.560. The van der Waals surface area contributed by atoms with E-state index in [1.54, 1.807) is 17.2 Å². The maximum atomic E-state index is 12.6. The fraction of sp³-hybridized carbons (Fsp3) is 0.577. The number of anilines is 1. The zero-order chi connectivity index (χ0) is 24.8. The molecule has 4 N–H and O–H groups in total. The second-order valence-corrected chi connectivity index (χ2v) is 9.75. The summed E-state index contributed by atoms with van der Waals surface area (Å²) in [6.07, 6.45) is 7.21. The number of nitrogens with zero attached hydrogens (tertiary/aromatic N) is 4. The van der Waals surface area contributed by atoms with E-state index in [0.717, 1.165) is 44.6 Å². The normalized spacial score (nSPS) is 21.7. The number of hydrogen-bond acceptors (Lipinski definition) is 6. The molecule has 0 spiro atoms. The SMILES string of the molecule is CCN(C(C)Cc1ccc(-n2ccc(NC(=O)N3CCNCC3)nc2=O)cc1)[C@H]1CC[C@H](N)CC1. The average molecular weight is 482 g/mol. The number of aromatic nitrogens is 2. The number of nitrogens with two attached hydrogens (primary N) is 1. The molecular formula is C26H39N7O2. The summed E-state index contributed by atoms with van der Waals surface area (Å²) in [5, 5.41) is 5.94. The van der Waals surface area contributed by atoms with Crippen molar-refractivity contribution in [2.45, 2.75) is 64.1 Å². The molecule has 190 valence electrons. The van der Waals surface area contributed by atoms with Gasteiger partial charge in [-0.1, -0.05) is 19.1 Å². The van der Waals surface area contributed by atoms with Crippen LogP contribution in [0.3, 0.4) is 0 Å². The minimum absolute atomic E-state index is 0.230. The first kappa shape index (κ1) is 25.3. The Labute approximate surface area is 207 Å². The number of carbonyl (C=O) groups is 1. The number of urea groups is 1. The molecule has 0 radical (unpaired) electrons. The molecule has 4 rings (SSSR count). The largest absolute Gasteiger partial charge is 0.354 e. The summed E-state index contributed by atoms with van der Waals surface area (Å²) < 4.78 is 1.50. The molecule has 0 bridgehead atoms. The lowest BCUT2D eigenvalue weighted by Crippen LogP contribution is -2.48. The van der Waals surface area contributed by atoms with Crippen LogP contribution >= 0.6 is 0 Å². The Morgan fingerprint density at radius 1 is 1.17 bits per heavy atom. The van der Waals surface area contributed by atoms with Gasteiger partial charge < -0.3 is 16.0 Å². The number of piperazine rings is 1. The van der Waals surface area contributed by atoms with Crippen LogP contribution in [0.2, 0.25) is 0 Å². The van der Waals surface area contributed by atoms with Crippen molar-refractivity contribution < 1.29 is 4.79 Å². The van der Waals surface area contributed by atoms with Gasteiger partial charge in [-0.3, -0.25) is 14.8 Å². The summed E-state index contributed by atoms with van der Waals surface area (Å²) in [6.45, 7) is 8.39. The van der Waals surface area contributed by atoms with E-state index >= 15 is 0 Å². The van der Waals surface area contributed by atoms with Gasteiger partial charge >= 0.3 is 11.7 Å². The first-order chi connectivity index (χ1) is 16.9. The van der Waals surface area contributed by atoms with E-state index < -0.39 is 5.69 Å². The number of carbonyl (C=O) groups excluding carboxylic acids is 1. The van der Waals surface area contributed by atoms with E-state index in [0.29, 0.717) is 31.2 Å². The first-order valence-electron chi connectivity index (χ1n) is 12.9. The second-order valence-electron chi connectivity index (χ2n) is 9.75.